The van der Waals surface area contributed by atoms with Gasteiger partial charge in [-0.1, -0.05) is 0 Å². The van der Waals surface area contributed by atoms with Crippen LogP contribution < -0.4 is 10.6 Å². The van der Waals surface area contributed by atoms with Gasteiger partial charge in [-0.25, -0.2) is 0 Å². The number of halogens is 3. The summed E-state index contributed by atoms with van der Waals surface area (Å²) in [5.74, 6) is -0.323. The lowest BCUT2D eigenvalue weighted by atomic mass is 10.2. The molecule has 0 saturated carbocycles. The molecule has 1 atom stereocenters. The lowest BCUT2D eigenvalue weighted by Crippen LogP contribution is -2.32. The Morgan fingerprint density at radius 3 is 2.62 bits per heavy atom. The minimum Gasteiger partial charge on any atom is -0.376 e. The number of hydrogen-bond acceptors (Lipinski definition) is 4. The lowest BCUT2D eigenvalue weighted by molar-refractivity contribution is -0.137. The number of carbonyl (C=O) groups is 1. The monoisotopic (exact) mass is 365 g/mol. The molecule has 26 heavy (non-hydrogen) atoms. The maximum absolute atomic E-state index is 12.6. The number of alkyl halides is 3. The first-order chi connectivity index (χ1) is 12.4. The second kappa shape index (κ2) is 7.74. The van der Waals surface area contributed by atoms with Crippen molar-refractivity contribution in [1.82, 2.24) is 10.3 Å². The normalized spacial score (nSPS) is 17.1. The molecule has 3 rings (SSSR count). The molecule has 8 heteroatoms. The first-order valence-corrected chi connectivity index (χ1v) is 8.22. The zero-order chi connectivity index (χ0) is 18.6. The van der Waals surface area contributed by atoms with Crippen molar-refractivity contribution in [1.29, 1.82) is 0 Å². The quantitative estimate of drug-likeness (QED) is 0.847. The molecule has 138 valence electrons. The number of rotatable bonds is 5. The van der Waals surface area contributed by atoms with Crippen molar-refractivity contribution in [3.63, 3.8) is 0 Å². The summed E-state index contributed by atoms with van der Waals surface area (Å²) in [6, 6.07) is 7.84. The van der Waals surface area contributed by atoms with E-state index in [0.29, 0.717) is 24.5 Å². The van der Waals surface area contributed by atoms with Crippen molar-refractivity contribution in [3.8, 4) is 0 Å². The Morgan fingerprint density at radius 2 is 1.96 bits per heavy atom. The van der Waals surface area contributed by atoms with Crippen LogP contribution in [-0.2, 0) is 10.9 Å². The maximum Gasteiger partial charge on any atom is 0.416 e. The zero-order valence-corrected chi connectivity index (χ0v) is 13.8. The molecule has 0 aliphatic carbocycles. The highest BCUT2D eigenvalue weighted by atomic mass is 19.4. The Labute approximate surface area is 148 Å². The molecule has 0 bridgehead atoms. The van der Waals surface area contributed by atoms with E-state index in [-0.39, 0.29) is 17.7 Å². The molecule has 0 spiro atoms. The fraction of sp³-hybridized carbons (Fsp3) is 0.333. The van der Waals surface area contributed by atoms with Gasteiger partial charge in [0.25, 0.3) is 5.91 Å². The minimum atomic E-state index is -4.37. The van der Waals surface area contributed by atoms with Crippen LogP contribution in [0.4, 0.5) is 24.5 Å². The van der Waals surface area contributed by atoms with Gasteiger partial charge in [-0.3, -0.25) is 9.78 Å². The molecule has 2 heterocycles. The standard InChI is InChI=1S/C18H18F3N3O2/c19-18(20,21)12-3-5-13(6-4-12)24-14-7-8-22-16(10-14)17(25)23-11-15-2-1-9-26-15/h3-8,10,15H,1-2,9,11H2,(H,22,24)(H,23,25). The Morgan fingerprint density at radius 1 is 1.19 bits per heavy atom. The van der Waals surface area contributed by atoms with Gasteiger partial charge in [0.15, 0.2) is 0 Å². The van der Waals surface area contributed by atoms with Crippen LogP contribution in [0.1, 0.15) is 28.9 Å². The number of aromatic nitrogens is 1. The molecule has 1 aromatic carbocycles. The second-order valence-corrected chi connectivity index (χ2v) is 5.97. The molecule has 1 amide bonds. The van der Waals surface area contributed by atoms with E-state index in [1.807, 2.05) is 0 Å². The third kappa shape index (κ3) is 4.72. The van der Waals surface area contributed by atoms with Crippen molar-refractivity contribution < 1.29 is 22.7 Å². The molecule has 1 aromatic heterocycles. The van der Waals surface area contributed by atoms with Gasteiger partial charge in [-0.2, -0.15) is 13.2 Å². The van der Waals surface area contributed by atoms with Gasteiger partial charge < -0.3 is 15.4 Å². The molecule has 1 aliphatic heterocycles. The number of pyridine rings is 1. The Hall–Kier alpha value is -2.61. The zero-order valence-electron chi connectivity index (χ0n) is 13.8. The van der Waals surface area contributed by atoms with Crippen molar-refractivity contribution in [3.05, 3.63) is 53.9 Å². The summed E-state index contributed by atoms with van der Waals surface area (Å²) < 4.78 is 43.2. The SMILES string of the molecule is O=C(NCC1CCCO1)c1cc(Nc2ccc(C(F)(F)F)cc2)ccn1. The number of ether oxygens (including phenoxy) is 1. The molecular formula is C18H18F3N3O2. The van der Waals surface area contributed by atoms with Gasteiger partial charge in [0.2, 0.25) is 0 Å². The summed E-state index contributed by atoms with van der Waals surface area (Å²) in [4.78, 5) is 16.2. The molecular weight excluding hydrogens is 347 g/mol. The van der Waals surface area contributed by atoms with Crippen LogP contribution in [0.2, 0.25) is 0 Å². The number of nitrogens with one attached hydrogen (secondary N) is 2. The van der Waals surface area contributed by atoms with Gasteiger partial charge in [0.05, 0.1) is 11.7 Å². The number of carbonyl (C=O) groups excluding carboxylic acids is 1. The van der Waals surface area contributed by atoms with Gasteiger partial charge in [-0.15, -0.1) is 0 Å². The average molecular weight is 365 g/mol. The van der Waals surface area contributed by atoms with Crippen molar-refractivity contribution in [2.75, 3.05) is 18.5 Å². The third-order valence-corrected chi connectivity index (χ3v) is 4.01. The van der Waals surface area contributed by atoms with E-state index in [0.717, 1.165) is 25.0 Å². The van der Waals surface area contributed by atoms with Crippen molar-refractivity contribution in [2.45, 2.75) is 25.1 Å². The highest BCUT2D eigenvalue weighted by Gasteiger charge is 2.29. The number of nitrogens with zero attached hydrogens (tertiary/aromatic N) is 1. The molecule has 2 N–H and O–H groups in total. The van der Waals surface area contributed by atoms with Crippen LogP contribution in [0.3, 0.4) is 0 Å². The Kier molecular flexibility index (Phi) is 5.41. The summed E-state index contributed by atoms with van der Waals surface area (Å²) in [7, 11) is 0. The molecule has 1 aliphatic rings. The topological polar surface area (TPSA) is 63.2 Å². The number of benzene rings is 1. The second-order valence-electron chi connectivity index (χ2n) is 5.97. The van der Waals surface area contributed by atoms with E-state index in [1.165, 1.54) is 18.3 Å². The Bertz CT molecular complexity index is 757. The predicted octanol–water partition coefficient (Wildman–Crippen LogP) is 3.75. The Balaban J connectivity index is 1.62. The van der Waals surface area contributed by atoms with Gasteiger partial charge >= 0.3 is 6.18 Å². The first kappa shape index (κ1) is 18.2. The van der Waals surface area contributed by atoms with E-state index >= 15 is 0 Å². The molecule has 2 aromatic rings. The van der Waals surface area contributed by atoms with Crippen LogP contribution in [0.25, 0.3) is 0 Å². The van der Waals surface area contributed by atoms with Crippen molar-refractivity contribution in [2.24, 2.45) is 0 Å². The molecule has 1 fully saturated rings. The summed E-state index contributed by atoms with van der Waals surface area (Å²) in [6.45, 7) is 1.14. The van der Waals surface area contributed by atoms with Gasteiger partial charge in [0.1, 0.15) is 5.69 Å². The van der Waals surface area contributed by atoms with E-state index in [4.69, 9.17) is 4.74 Å². The van der Waals surface area contributed by atoms with Crippen LogP contribution in [-0.4, -0.2) is 30.1 Å². The highest BCUT2D eigenvalue weighted by Crippen LogP contribution is 2.30. The minimum absolute atomic E-state index is 0.0346. The highest BCUT2D eigenvalue weighted by molar-refractivity contribution is 5.93. The van der Waals surface area contributed by atoms with E-state index in [2.05, 4.69) is 15.6 Å². The van der Waals surface area contributed by atoms with Gasteiger partial charge in [-0.05, 0) is 49.2 Å². The number of anilines is 2. The lowest BCUT2D eigenvalue weighted by Gasteiger charge is -2.12. The molecule has 1 saturated heterocycles. The molecule has 5 nitrogen and oxygen atoms in total. The largest absolute Gasteiger partial charge is 0.416 e. The van der Waals surface area contributed by atoms with E-state index in [9.17, 15) is 18.0 Å². The summed E-state index contributed by atoms with van der Waals surface area (Å²) in [6.07, 6.45) is -0.960. The summed E-state index contributed by atoms with van der Waals surface area (Å²) >= 11 is 0. The fourth-order valence-corrected chi connectivity index (χ4v) is 2.64. The first-order valence-electron chi connectivity index (χ1n) is 8.22. The third-order valence-electron chi connectivity index (χ3n) is 4.01. The van der Waals surface area contributed by atoms with Crippen LogP contribution >= 0.6 is 0 Å². The summed E-state index contributed by atoms with van der Waals surface area (Å²) in [5, 5.41) is 5.74. The smallest absolute Gasteiger partial charge is 0.376 e. The van der Waals surface area contributed by atoms with E-state index < -0.39 is 11.7 Å². The average Bonchev–Trinajstić information content (AvgIpc) is 3.13. The number of amides is 1. The number of hydrogen-bond donors (Lipinski definition) is 2. The predicted molar refractivity (Wildman–Crippen MR) is 90.3 cm³/mol. The maximum atomic E-state index is 12.6. The summed E-state index contributed by atoms with van der Waals surface area (Å²) in [5.41, 5.74) is 0.545. The van der Waals surface area contributed by atoms with Crippen LogP contribution in [0.5, 0.6) is 0 Å². The van der Waals surface area contributed by atoms with E-state index in [1.54, 1.807) is 12.1 Å². The fourth-order valence-electron chi connectivity index (χ4n) is 2.64. The van der Waals surface area contributed by atoms with Crippen LogP contribution in [0, 0.1) is 0 Å². The molecule has 0 radical (unpaired) electrons. The molecule has 1 unspecified atom stereocenters. The van der Waals surface area contributed by atoms with Crippen molar-refractivity contribution >= 4 is 17.3 Å². The van der Waals surface area contributed by atoms with Crippen LogP contribution in [0.15, 0.2) is 42.6 Å². The van der Waals surface area contributed by atoms with Gasteiger partial charge in [0, 0.05) is 30.7 Å².